The zero-order chi connectivity index (χ0) is 16.7. The summed E-state index contributed by atoms with van der Waals surface area (Å²) in [5, 5.41) is 10.3. The molecule has 0 saturated carbocycles. The van der Waals surface area contributed by atoms with E-state index in [1.165, 1.54) is 0 Å². The largest absolute Gasteiger partial charge is 0.470 e. The quantitative estimate of drug-likeness (QED) is 0.686. The Morgan fingerprint density at radius 1 is 1.17 bits per heavy atom. The number of anilines is 1. The molecule has 0 radical (unpaired) electrons. The molecule has 1 amide bonds. The van der Waals surface area contributed by atoms with Gasteiger partial charge in [0.1, 0.15) is 5.75 Å². The zero-order valence-corrected chi connectivity index (χ0v) is 13.8. The van der Waals surface area contributed by atoms with E-state index in [1.54, 1.807) is 41.0 Å². The van der Waals surface area contributed by atoms with Gasteiger partial charge in [0, 0.05) is 10.7 Å². The van der Waals surface area contributed by atoms with E-state index in [0.717, 1.165) is 5.69 Å². The number of aromatic amines is 1. The monoisotopic (exact) mass is 358 g/mol. The third-order valence-electron chi connectivity index (χ3n) is 3.65. The number of H-pyrrole nitrogens is 1. The molecule has 1 unspecified atom stereocenters. The maximum atomic E-state index is 12.4. The summed E-state index contributed by atoms with van der Waals surface area (Å²) in [5.74, 6) is 0.644. The lowest BCUT2D eigenvalue weighted by atomic mass is 10.2. The average Bonchev–Trinajstić information content (AvgIpc) is 2.96. The number of hydrogen-bond donors (Lipinski definition) is 2. The minimum Gasteiger partial charge on any atom is -0.470 e. The van der Waals surface area contributed by atoms with E-state index in [9.17, 15) is 4.79 Å². The van der Waals surface area contributed by atoms with Crippen molar-refractivity contribution in [2.24, 2.45) is 0 Å². The van der Waals surface area contributed by atoms with Gasteiger partial charge in [0.15, 0.2) is 10.6 Å². The van der Waals surface area contributed by atoms with Gasteiger partial charge < -0.3 is 10.1 Å². The molecule has 1 aliphatic heterocycles. The summed E-state index contributed by atoms with van der Waals surface area (Å²) in [5.41, 5.74) is 1.37. The number of fused-ring (bicyclic) bond motifs is 1. The minimum atomic E-state index is -0.913. The van der Waals surface area contributed by atoms with Crippen molar-refractivity contribution in [3.05, 3.63) is 64.1 Å². The van der Waals surface area contributed by atoms with Crippen LogP contribution in [0.3, 0.4) is 0 Å². The Morgan fingerprint density at radius 3 is 2.71 bits per heavy atom. The molecule has 2 N–H and O–H groups in total. The SMILES string of the molecule is O=C1Nc2ccccc2OC1c1n[nH]c(=S)n1-c1ccc(Cl)cc1. The van der Waals surface area contributed by atoms with E-state index in [2.05, 4.69) is 15.5 Å². The maximum absolute atomic E-state index is 12.4. The van der Waals surface area contributed by atoms with E-state index in [0.29, 0.717) is 27.1 Å². The number of rotatable bonds is 2. The van der Waals surface area contributed by atoms with Crippen LogP contribution in [-0.2, 0) is 4.79 Å². The van der Waals surface area contributed by atoms with Crippen molar-refractivity contribution < 1.29 is 9.53 Å². The lowest BCUT2D eigenvalue weighted by Gasteiger charge is -2.25. The van der Waals surface area contributed by atoms with E-state index >= 15 is 0 Å². The van der Waals surface area contributed by atoms with Crippen LogP contribution in [0.2, 0.25) is 5.02 Å². The molecule has 1 aliphatic rings. The fourth-order valence-corrected chi connectivity index (χ4v) is 2.92. The van der Waals surface area contributed by atoms with Crippen LogP contribution >= 0.6 is 23.8 Å². The topological polar surface area (TPSA) is 71.9 Å². The van der Waals surface area contributed by atoms with E-state index in [-0.39, 0.29) is 5.91 Å². The molecule has 0 aliphatic carbocycles. The van der Waals surface area contributed by atoms with Crippen molar-refractivity contribution in [1.29, 1.82) is 0 Å². The first kappa shape index (κ1) is 14.9. The normalized spacial score (nSPS) is 16.2. The Morgan fingerprint density at radius 2 is 1.92 bits per heavy atom. The van der Waals surface area contributed by atoms with Gasteiger partial charge in [0.2, 0.25) is 6.10 Å². The van der Waals surface area contributed by atoms with Crippen molar-refractivity contribution in [2.75, 3.05) is 5.32 Å². The summed E-state index contributed by atoms with van der Waals surface area (Å²) in [6.45, 7) is 0. The number of carbonyl (C=O) groups excluding carboxylic acids is 1. The second-order valence-electron chi connectivity index (χ2n) is 5.18. The standard InChI is InChI=1S/C16H11ClN4O2S/c17-9-5-7-10(8-6-9)21-14(19-20-16(21)24)13-15(22)18-11-3-1-2-4-12(11)23-13/h1-8,13H,(H,18,22)(H,20,24). The summed E-state index contributed by atoms with van der Waals surface area (Å²) >= 11 is 11.2. The first-order valence-corrected chi connectivity index (χ1v) is 7.92. The molecule has 3 aromatic rings. The lowest BCUT2D eigenvalue weighted by molar-refractivity contribution is -0.124. The highest BCUT2D eigenvalue weighted by Crippen LogP contribution is 2.34. The molecule has 120 valence electrons. The second-order valence-corrected chi connectivity index (χ2v) is 6.01. The fourth-order valence-electron chi connectivity index (χ4n) is 2.55. The van der Waals surface area contributed by atoms with Crippen LogP contribution in [0, 0.1) is 4.77 Å². The number of benzene rings is 2. The predicted octanol–water partition coefficient (Wildman–Crippen LogP) is 3.66. The lowest BCUT2D eigenvalue weighted by Crippen LogP contribution is -2.32. The van der Waals surface area contributed by atoms with Gasteiger partial charge in [-0.25, -0.2) is 0 Å². The van der Waals surface area contributed by atoms with Gasteiger partial charge >= 0.3 is 0 Å². The Labute approximate surface area is 147 Å². The van der Waals surface area contributed by atoms with Crippen LogP contribution in [0.25, 0.3) is 5.69 Å². The summed E-state index contributed by atoms with van der Waals surface area (Å²) in [7, 11) is 0. The number of nitrogens with one attached hydrogen (secondary N) is 2. The van der Waals surface area contributed by atoms with Gasteiger partial charge in [-0.3, -0.25) is 14.5 Å². The van der Waals surface area contributed by atoms with Crippen LogP contribution in [0.4, 0.5) is 5.69 Å². The molecule has 4 rings (SSSR count). The number of amides is 1. The van der Waals surface area contributed by atoms with Gasteiger partial charge in [-0.2, -0.15) is 5.10 Å². The molecule has 0 bridgehead atoms. The van der Waals surface area contributed by atoms with Crippen molar-refractivity contribution in [3.8, 4) is 11.4 Å². The van der Waals surface area contributed by atoms with Gasteiger partial charge in [-0.05, 0) is 48.6 Å². The second kappa shape index (κ2) is 5.77. The highest BCUT2D eigenvalue weighted by Gasteiger charge is 2.33. The van der Waals surface area contributed by atoms with Crippen molar-refractivity contribution in [3.63, 3.8) is 0 Å². The van der Waals surface area contributed by atoms with Crippen LogP contribution < -0.4 is 10.1 Å². The highest BCUT2D eigenvalue weighted by molar-refractivity contribution is 7.71. The summed E-state index contributed by atoms with van der Waals surface area (Å²) in [6, 6.07) is 14.3. The van der Waals surface area contributed by atoms with Crippen LogP contribution in [-0.4, -0.2) is 20.7 Å². The highest BCUT2D eigenvalue weighted by atomic mass is 35.5. The average molecular weight is 359 g/mol. The Balaban J connectivity index is 1.80. The molecule has 24 heavy (non-hydrogen) atoms. The number of hydrogen-bond acceptors (Lipinski definition) is 4. The number of para-hydroxylation sites is 2. The van der Waals surface area contributed by atoms with Gasteiger partial charge in [0.05, 0.1) is 5.69 Å². The molecule has 0 saturated heterocycles. The number of ether oxygens (including phenoxy) is 1. The van der Waals surface area contributed by atoms with Crippen LogP contribution in [0.1, 0.15) is 11.9 Å². The zero-order valence-electron chi connectivity index (χ0n) is 12.2. The molecule has 0 fully saturated rings. The molecule has 1 aromatic heterocycles. The molecule has 8 heteroatoms. The number of halogens is 1. The molecule has 1 atom stereocenters. The summed E-state index contributed by atoms with van der Waals surface area (Å²) < 4.78 is 7.86. The van der Waals surface area contributed by atoms with Crippen molar-refractivity contribution in [2.45, 2.75) is 6.10 Å². The Bertz CT molecular complexity index is 980. The van der Waals surface area contributed by atoms with Crippen molar-refractivity contribution in [1.82, 2.24) is 14.8 Å². The van der Waals surface area contributed by atoms with Crippen molar-refractivity contribution >= 4 is 35.4 Å². The minimum absolute atomic E-state index is 0.307. The van der Waals surface area contributed by atoms with Crippen LogP contribution in [0.5, 0.6) is 5.75 Å². The van der Waals surface area contributed by atoms with E-state index in [4.69, 9.17) is 28.6 Å². The third-order valence-corrected chi connectivity index (χ3v) is 4.17. The van der Waals surface area contributed by atoms with E-state index < -0.39 is 6.10 Å². The molecular weight excluding hydrogens is 348 g/mol. The first-order chi connectivity index (χ1) is 11.6. The molecule has 6 nitrogen and oxygen atoms in total. The van der Waals surface area contributed by atoms with Crippen LogP contribution in [0.15, 0.2) is 48.5 Å². The Hall–Kier alpha value is -2.64. The number of nitrogens with zero attached hydrogens (tertiary/aromatic N) is 2. The fraction of sp³-hybridized carbons (Fsp3) is 0.0625. The number of carbonyl (C=O) groups is 1. The maximum Gasteiger partial charge on any atom is 0.273 e. The first-order valence-electron chi connectivity index (χ1n) is 7.13. The molecular formula is C16H11ClN4O2S. The molecule has 2 heterocycles. The predicted molar refractivity (Wildman–Crippen MR) is 92.2 cm³/mol. The summed E-state index contributed by atoms with van der Waals surface area (Å²) in [6.07, 6.45) is -0.913. The van der Waals surface area contributed by atoms with E-state index in [1.807, 2.05) is 12.1 Å². The smallest absolute Gasteiger partial charge is 0.273 e. The Kier molecular flexibility index (Phi) is 3.59. The van der Waals surface area contributed by atoms with Gasteiger partial charge in [-0.15, -0.1) is 0 Å². The summed E-state index contributed by atoms with van der Waals surface area (Å²) in [4.78, 5) is 12.4. The third kappa shape index (κ3) is 2.47. The van der Waals surface area contributed by atoms with Gasteiger partial charge in [-0.1, -0.05) is 23.7 Å². The number of aromatic nitrogens is 3. The molecule has 2 aromatic carbocycles. The van der Waals surface area contributed by atoms with Gasteiger partial charge in [0.25, 0.3) is 5.91 Å². The molecule has 0 spiro atoms.